The highest BCUT2D eigenvalue weighted by Gasteiger charge is 2.18. The summed E-state index contributed by atoms with van der Waals surface area (Å²) < 4.78 is 0. The fraction of sp³-hybridized carbons (Fsp3) is 0.538. The van der Waals surface area contributed by atoms with E-state index in [1.807, 2.05) is 13.0 Å². The van der Waals surface area contributed by atoms with E-state index in [0.717, 1.165) is 30.6 Å². The number of aromatic hydroxyl groups is 1. The lowest BCUT2D eigenvalue weighted by molar-refractivity contribution is 0.454. The molecule has 15 heavy (non-hydrogen) atoms. The van der Waals surface area contributed by atoms with Crippen molar-refractivity contribution in [3.05, 3.63) is 28.8 Å². The van der Waals surface area contributed by atoms with Gasteiger partial charge in [0.1, 0.15) is 5.75 Å². The van der Waals surface area contributed by atoms with E-state index < -0.39 is 0 Å². The van der Waals surface area contributed by atoms with Crippen LogP contribution in [0, 0.1) is 19.8 Å². The number of hydrogen-bond donors (Lipinski definition) is 2. The molecule has 1 atom stereocenters. The SMILES string of the molecule is Cc1ccc(C)c(CC2CCNC2)c1O. The Bertz CT molecular complexity index is 354. The van der Waals surface area contributed by atoms with Crippen LogP contribution in [0.5, 0.6) is 5.75 Å². The maximum atomic E-state index is 10.0. The maximum Gasteiger partial charge on any atom is 0.121 e. The molecule has 0 aliphatic carbocycles. The minimum Gasteiger partial charge on any atom is -0.507 e. The van der Waals surface area contributed by atoms with Gasteiger partial charge in [-0.2, -0.15) is 0 Å². The van der Waals surface area contributed by atoms with E-state index >= 15 is 0 Å². The Labute approximate surface area is 91.3 Å². The first-order valence-electron chi connectivity index (χ1n) is 5.67. The van der Waals surface area contributed by atoms with Gasteiger partial charge in [0.15, 0.2) is 0 Å². The van der Waals surface area contributed by atoms with Crippen molar-refractivity contribution in [2.45, 2.75) is 26.7 Å². The number of hydrogen-bond acceptors (Lipinski definition) is 2. The van der Waals surface area contributed by atoms with Crippen LogP contribution in [0.1, 0.15) is 23.1 Å². The van der Waals surface area contributed by atoms with Crippen LogP contribution in [0.3, 0.4) is 0 Å². The first kappa shape index (κ1) is 10.5. The predicted octanol–water partition coefficient (Wildman–Crippen LogP) is 2.16. The summed E-state index contributed by atoms with van der Waals surface area (Å²) in [6, 6.07) is 4.09. The van der Waals surface area contributed by atoms with E-state index in [9.17, 15) is 5.11 Å². The number of aryl methyl sites for hydroxylation is 2. The van der Waals surface area contributed by atoms with Gasteiger partial charge in [0.2, 0.25) is 0 Å². The molecule has 1 fully saturated rings. The molecule has 0 saturated carbocycles. The number of nitrogens with one attached hydrogen (secondary N) is 1. The summed E-state index contributed by atoms with van der Waals surface area (Å²) in [5.74, 6) is 1.19. The molecule has 0 aromatic heterocycles. The van der Waals surface area contributed by atoms with Gasteiger partial charge < -0.3 is 10.4 Å². The molecule has 1 unspecified atom stereocenters. The highest BCUT2D eigenvalue weighted by molar-refractivity contribution is 5.44. The summed E-state index contributed by atoms with van der Waals surface area (Å²) in [5.41, 5.74) is 3.34. The molecule has 82 valence electrons. The van der Waals surface area contributed by atoms with Crippen molar-refractivity contribution < 1.29 is 5.11 Å². The van der Waals surface area contributed by atoms with Crippen LogP contribution in [0.15, 0.2) is 12.1 Å². The molecule has 1 aliphatic rings. The van der Waals surface area contributed by atoms with E-state index in [-0.39, 0.29) is 0 Å². The summed E-state index contributed by atoms with van der Waals surface area (Å²) >= 11 is 0. The van der Waals surface area contributed by atoms with Gasteiger partial charge in [-0.1, -0.05) is 12.1 Å². The molecular weight excluding hydrogens is 186 g/mol. The predicted molar refractivity (Wildman–Crippen MR) is 62.3 cm³/mol. The number of benzene rings is 1. The van der Waals surface area contributed by atoms with Crippen LogP contribution in [0.2, 0.25) is 0 Å². The molecule has 1 aromatic rings. The third-order valence-electron chi connectivity index (χ3n) is 3.37. The quantitative estimate of drug-likeness (QED) is 0.775. The van der Waals surface area contributed by atoms with Gasteiger partial charge in [-0.25, -0.2) is 0 Å². The van der Waals surface area contributed by atoms with Crippen molar-refractivity contribution in [1.82, 2.24) is 5.32 Å². The van der Waals surface area contributed by atoms with Crippen molar-refractivity contribution in [2.75, 3.05) is 13.1 Å². The molecule has 0 amide bonds. The summed E-state index contributed by atoms with van der Waals surface area (Å²) in [7, 11) is 0. The molecule has 0 radical (unpaired) electrons. The van der Waals surface area contributed by atoms with Gasteiger partial charge in [-0.15, -0.1) is 0 Å². The third kappa shape index (κ3) is 2.15. The lowest BCUT2D eigenvalue weighted by Crippen LogP contribution is -2.11. The smallest absolute Gasteiger partial charge is 0.121 e. The summed E-state index contributed by atoms with van der Waals surface area (Å²) in [6.45, 7) is 6.26. The highest BCUT2D eigenvalue weighted by atomic mass is 16.3. The van der Waals surface area contributed by atoms with Crippen molar-refractivity contribution in [3.8, 4) is 5.75 Å². The van der Waals surface area contributed by atoms with Crippen LogP contribution in [-0.2, 0) is 6.42 Å². The van der Waals surface area contributed by atoms with Gasteiger partial charge in [-0.3, -0.25) is 0 Å². The number of phenols is 1. The normalized spacial score (nSPS) is 20.8. The minimum atomic E-state index is 0.502. The molecule has 2 N–H and O–H groups in total. The average Bonchev–Trinajstić information content (AvgIpc) is 2.71. The minimum absolute atomic E-state index is 0.502. The van der Waals surface area contributed by atoms with Crippen LogP contribution >= 0.6 is 0 Å². The summed E-state index contributed by atoms with van der Waals surface area (Å²) in [6.07, 6.45) is 2.24. The highest BCUT2D eigenvalue weighted by Crippen LogP contribution is 2.28. The number of rotatable bonds is 2. The van der Waals surface area contributed by atoms with Gasteiger partial charge in [0, 0.05) is 0 Å². The second kappa shape index (κ2) is 4.23. The summed E-state index contributed by atoms with van der Waals surface area (Å²) in [5, 5.41) is 13.4. The first-order valence-corrected chi connectivity index (χ1v) is 5.67. The van der Waals surface area contributed by atoms with Crippen molar-refractivity contribution >= 4 is 0 Å². The second-order valence-electron chi connectivity index (χ2n) is 4.59. The van der Waals surface area contributed by atoms with Gasteiger partial charge in [0.05, 0.1) is 0 Å². The van der Waals surface area contributed by atoms with E-state index in [0.29, 0.717) is 11.7 Å². The fourth-order valence-electron chi connectivity index (χ4n) is 2.29. The molecule has 2 heteroatoms. The molecule has 1 aromatic carbocycles. The monoisotopic (exact) mass is 205 g/mol. The van der Waals surface area contributed by atoms with Crippen LogP contribution in [-0.4, -0.2) is 18.2 Å². The second-order valence-corrected chi connectivity index (χ2v) is 4.59. The Balaban J connectivity index is 2.22. The molecule has 0 bridgehead atoms. The van der Waals surface area contributed by atoms with Gasteiger partial charge in [-0.05, 0) is 62.4 Å². The van der Waals surface area contributed by atoms with Gasteiger partial charge >= 0.3 is 0 Å². The molecule has 2 nitrogen and oxygen atoms in total. The topological polar surface area (TPSA) is 32.3 Å². The Morgan fingerprint density at radius 2 is 2.07 bits per heavy atom. The van der Waals surface area contributed by atoms with Crippen molar-refractivity contribution in [3.63, 3.8) is 0 Å². The zero-order valence-electron chi connectivity index (χ0n) is 9.51. The number of phenolic OH excluding ortho intramolecular Hbond substituents is 1. The standard InChI is InChI=1S/C13H19NO/c1-9-3-4-10(2)13(15)12(9)7-11-5-6-14-8-11/h3-4,11,14-15H,5-8H2,1-2H3. The lowest BCUT2D eigenvalue weighted by Gasteiger charge is -2.14. The third-order valence-corrected chi connectivity index (χ3v) is 3.37. The first-order chi connectivity index (χ1) is 7.18. The van der Waals surface area contributed by atoms with E-state index in [1.165, 1.54) is 12.0 Å². The average molecular weight is 205 g/mol. The molecule has 0 spiro atoms. The van der Waals surface area contributed by atoms with E-state index in [1.54, 1.807) is 0 Å². The lowest BCUT2D eigenvalue weighted by atomic mass is 9.93. The van der Waals surface area contributed by atoms with E-state index in [2.05, 4.69) is 18.3 Å². The molecule has 1 saturated heterocycles. The largest absolute Gasteiger partial charge is 0.507 e. The van der Waals surface area contributed by atoms with Crippen LogP contribution in [0.25, 0.3) is 0 Å². The molecule has 2 rings (SSSR count). The fourth-order valence-corrected chi connectivity index (χ4v) is 2.29. The zero-order valence-corrected chi connectivity index (χ0v) is 9.51. The Hall–Kier alpha value is -1.02. The van der Waals surface area contributed by atoms with E-state index in [4.69, 9.17) is 0 Å². The Morgan fingerprint density at radius 3 is 2.73 bits per heavy atom. The summed E-state index contributed by atoms with van der Waals surface area (Å²) in [4.78, 5) is 0. The molecule has 1 heterocycles. The van der Waals surface area contributed by atoms with Crippen LogP contribution in [0.4, 0.5) is 0 Å². The zero-order chi connectivity index (χ0) is 10.8. The van der Waals surface area contributed by atoms with Crippen LogP contribution < -0.4 is 5.32 Å². The maximum absolute atomic E-state index is 10.0. The van der Waals surface area contributed by atoms with Crippen molar-refractivity contribution in [2.24, 2.45) is 5.92 Å². The molecular formula is C13H19NO. The molecule has 1 aliphatic heterocycles. The Morgan fingerprint density at radius 1 is 1.33 bits per heavy atom. The van der Waals surface area contributed by atoms with Crippen molar-refractivity contribution in [1.29, 1.82) is 0 Å². The Kier molecular flexibility index (Phi) is 2.96. The van der Waals surface area contributed by atoms with Gasteiger partial charge in [0.25, 0.3) is 0 Å².